The number of allylic oxidation sites excluding steroid dienone is 4. The third kappa shape index (κ3) is 3.07. The Morgan fingerprint density at radius 2 is 2.16 bits per heavy atom. The minimum atomic E-state index is -0.0109. The largest absolute Gasteiger partial charge is 0.464 e. The van der Waals surface area contributed by atoms with E-state index in [1.165, 1.54) is 0 Å². The summed E-state index contributed by atoms with van der Waals surface area (Å²) in [6, 6.07) is 0. The van der Waals surface area contributed by atoms with E-state index in [1.807, 2.05) is 6.08 Å². The molecule has 2 fully saturated rings. The van der Waals surface area contributed by atoms with Crippen molar-refractivity contribution in [1.82, 2.24) is 4.90 Å². The summed E-state index contributed by atoms with van der Waals surface area (Å²) >= 11 is 0. The van der Waals surface area contributed by atoms with Crippen LogP contribution in [0.3, 0.4) is 0 Å². The molecule has 0 bridgehead atoms. The van der Waals surface area contributed by atoms with Crippen LogP contribution in [0.15, 0.2) is 24.3 Å². The number of ether oxygens (including phenoxy) is 2. The predicted octanol–water partition coefficient (Wildman–Crippen LogP) is 1.24. The highest BCUT2D eigenvalue weighted by Gasteiger charge is 2.53. The van der Waals surface area contributed by atoms with Crippen LogP contribution < -0.4 is 0 Å². The molecule has 4 heteroatoms. The third-order valence-corrected chi connectivity index (χ3v) is 4.25. The van der Waals surface area contributed by atoms with Crippen molar-refractivity contribution in [3.63, 3.8) is 0 Å². The third-order valence-electron chi connectivity index (χ3n) is 4.25. The molecule has 0 N–H and O–H groups in total. The lowest BCUT2D eigenvalue weighted by Crippen LogP contribution is -2.38. The average Bonchev–Trinajstić information content (AvgIpc) is 3.14. The second kappa shape index (κ2) is 5.88. The summed E-state index contributed by atoms with van der Waals surface area (Å²) in [7, 11) is 0. The van der Waals surface area contributed by atoms with Crippen LogP contribution in [0, 0.1) is 17.8 Å². The molecule has 3 aliphatic rings. The van der Waals surface area contributed by atoms with Gasteiger partial charge in [0.15, 0.2) is 0 Å². The molecule has 4 nitrogen and oxygen atoms in total. The number of nitrogens with zero attached hydrogens (tertiary/aromatic N) is 1. The number of hydrogen-bond acceptors (Lipinski definition) is 4. The Hall–Kier alpha value is -1.13. The molecule has 3 rings (SSSR count). The van der Waals surface area contributed by atoms with Crippen molar-refractivity contribution in [2.24, 2.45) is 17.8 Å². The van der Waals surface area contributed by atoms with Gasteiger partial charge in [-0.25, -0.2) is 0 Å². The number of morpholine rings is 1. The van der Waals surface area contributed by atoms with E-state index in [2.05, 4.69) is 23.1 Å². The van der Waals surface area contributed by atoms with Gasteiger partial charge in [-0.3, -0.25) is 9.69 Å². The second-order valence-electron chi connectivity index (χ2n) is 5.44. The van der Waals surface area contributed by atoms with E-state index in [0.717, 1.165) is 39.3 Å². The van der Waals surface area contributed by atoms with Gasteiger partial charge in [-0.2, -0.15) is 0 Å². The lowest BCUT2D eigenvalue weighted by atomic mass is 10.2. The number of carbonyl (C=O) groups excluding carboxylic acids is 1. The Balaban J connectivity index is 1.38. The zero-order valence-corrected chi connectivity index (χ0v) is 11.2. The molecule has 0 aromatic carbocycles. The number of esters is 1. The van der Waals surface area contributed by atoms with Crippen LogP contribution >= 0.6 is 0 Å². The van der Waals surface area contributed by atoms with E-state index < -0.39 is 0 Å². The highest BCUT2D eigenvalue weighted by molar-refractivity contribution is 5.77. The number of fused-ring (bicyclic) bond motifs is 1. The number of rotatable bonds is 4. The van der Waals surface area contributed by atoms with Crippen molar-refractivity contribution in [2.75, 3.05) is 39.5 Å². The van der Waals surface area contributed by atoms with Crippen molar-refractivity contribution >= 4 is 5.97 Å². The maximum atomic E-state index is 12.0. The fourth-order valence-electron chi connectivity index (χ4n) is 3.00. The van der Waals surface area contributed by atoms with E-state index in [9.17, 15) is 4.79 Å². The van der Waals surface area contributed by atoms with Gasteiger partial charge >= 0.3 is 5.97 Å². The van der Waals surface area contributed by atoms with Gasteiger partial charge in [0.2, 0.25) is 0 Å². The minimum absolute atomic E-state index is 0.0109. The van der Waals surface area contributed by atoms with Gasteiger partial charge in [0.05, 0.1) is 19.1 Å². The Bertz CT molecular complexity index is 385. The van der Waals surface area contributed by atoms with Crippen LogP contribution in [0.1, 0.15) is 6.42 Å². The molecule has 3 unspecified atom stereocenters. The van der Waals surface area contributed by atoms with Gasteiger partial charge < -0.3 is 9.47 Å². The Labute approximate surface area is 114 Å². The summed E-state index contributed by atoms with van der Waals surface area (Å²) in [5.74, 6) is 0.978. The first kappa shape index (κ1) is 12.9. The SMILES string of the molecule is O=C(OCCN1CCOCC1)C1C2C=CC=CCC21. The van der Waals surface area contributed by atoms with Crippen LogP contribution in [-0.4, -0.2) is 50.3 Å². The van der Waals surface area contributed by atoms with E-state index in [1.54, 1.807) is 0 Å². The zero-order valence-electron chi connectivity index (χ0n) is 11.2. The van der Waals surface area contributed by atoms with Crippen molar-refractivity contribution in [3.05, 3.63) is 24.3 Å². The second-order valence-corrected chi connectivity index (χ2v) is 5.44. The molecule has 1 aliphatic heterocycles. The lowest BCUT2D eigenvalue weighted by molar-refractivity contribution is -0.146. The van der Waals surface area contributed by atoms with Crippen LogP contribution in [0.4, 0.5) is 0 Å². The van der Waals surface area contributed by atoms with Crippen molar-refractivity contribution in [2.45, 2.75) is 6.42 Å². The molecule has 0 amide bonds. The van der Waals surface area contributed by atoms with Crippen molar-refractivity contribution in [3.8, 4) is 0 Å². The van der Waals surface area contributed by atoms with E-state index >= 15 is 0 Å². The van der Waals surface area contributed by atoms with E-state index in [4.69, 9.17) is 9.47 Å². The molecule has 1 saturated carbocycles. The molecule has 19 heavy (non-hydrogen) atoms. The van der Waals surface area contributed by atoms with Gasteiger partial charge in [0.25, 0.3) is 0 Å². The fraction of sp³-hybridized carbons (Fsp3) is 0.667. The molecule has 0 aromatic heterocycles. The standard InChI is InChI=1S/C15H21NO3/c17-15(14-12-4-2-1-3-5-13(12)14)19-11-8-16-6-9-18-10-7-16/h1-4,12-14H,5-11H2. The van der Waals surface area contributed by atoms with Crippen molar-refractivity contribution in [1.29, 1.82) is 0 Å². The first-order chi connectivity index (χ1) is 9.36. The molecule has 104 valence electrons. The molecule has 0 aromatic rings. The maximum Gasteiger partial charge on any atom is 0.309 e. The summed E-state index contributed by atoms with van der Waals surface area (Å²) in [5, 5.41) is 0. The Kier molecular flexibility index (Phi) is 3.99. The van der Waals surface area contributed by atoms with E-state index in [0.29, 0.717) is 18.4 Å². The van der Waals surface area contributed by atoms with Crippen LogP contribution in [0.2, 0.25) is 0 Å². The molecular weight excluding hydrogens is 242 g/mol. The number of carbonyl (C=O) groups is 1. The summed E-state index contributed by atoms with van der Waals surface area (Å²) in [6.07, 6.45) is 9.39. The highest BCUT2D eigenvalue weighted by Crippen LogP contribution is 2.51. The fourth-order valence-corrected chi connectivity index (χ4v) is 3.00. The topological polar surface area (TPSA) is 38.8 Å². The summed E-state index contributed by atoms with van der Waals surface area (Å²) in [6.45, 7) is 4.80. The molecule has 1 saturated heterocycles. The Morgan fingerprint density at radius 3 is 3.00 bits per heavy atom. The molecule has 1 heterocycles. The normalized spacial score (nSPS) is 33.6. The maximum absolute atomic E-state index is 12.0. The molecule has 2 aliphatic carbocycles. The first-order valence-electron chi connectivity index (χ1n) is 7.16. The van der Waals surface area contributed by atoms with Gasteiger partial charge in [-0.05, 0) is 18.3 Å². The van der Waals surface area contributed by atoms with E-state index in [-0.39, 0.29) is 11.9 Å². The zero-order chi connectivity index (χ0) is 13.1. The van der Waals surface area contributed by atoms with Crippen molar-refractivity contribution < 1.29 is 14.3 Å². The monoisotopic (exact) mass is 263 g/mol. The van der Waals surface area contributed by atoms with Crippen LogP contribution in [-0.2, 0) is 14.3 Å². The smallest absolute Gasteiger partial charge is 0.309 e. The van der Waals surface area contributed by atoms with Gasteiger partial charge in [-0.15, -0.1) is 0 Å². The van der Waals surface area contributed by atoms with Gasteiger partial charge in [-0.1, -0.05) is 24.3 Å². The summed E-state index contributed by atoms with van der Waals surface area (Å²) in [4.78, 5) is 14.3. The number of hydrogen-bond donors (Lipinski definition) is 0. The van der Waals surface area contributed by atoms with Crippen LogP contribution in [0.5, 0.6) is 0 Å². The highest BCUT2D eigenvalue weighted by atomic mass is 16.5. The molecular formula is C15H21NO3. The summed E-state index contributed by atoms with van der Waals surface area (Å²) in [5.41, 5.74) is 0. The van der Waals surface area contributed by atoms with Gasteiger partial charge in [0.1, 0.15) is 6.61 Å². The van der Waals surface area contributed by atoms with Gasteiger partial charge in [0, 0.05) is 19.6 Å². The van der Waals surface area contributed by atoms with Crippen LogP contribution in [0.25, 0.3) is 0 Å². The quantitative estimate of drug-likeness (QED) is 0.715. The summed E-state index contributed by atoms with van der Waals surface area (Å²) < 4.78 is 10.7. The predicted molar refractivity (Wildman–Crippen MR) is 71.6 cm³/mol. The minimum Gasteiger partial charge on any atom is -0.464 e. The lowest BCUT2D eigenvalue weighted by Gasteiger charge is -2.26. The Morgan fingerprint density at radius 1 is 1.32 bits per heavy atom. The average molecular weight is 263 g/mol. The molecule has 3 atom stereocenters. The molecule has 0 spiro atoms. The first-order valence-corrected chi connectivity index (χ1v) is 7.16. The molecule has 0 radical (unpaired) electrons.